The van der Waals surface area contributed by atoms with Crippen LogP contribution in [-0.4, -0.2) is 0 Å². The van der Waals surface area contributed by atoms with Gasteiger partial charge in [-0.25, -0.2) is 0 Å². The maximum absolute atomic E-state index is 3.75. The minimum absolute atomic E-state index is 0.209. The third-order valence-electron chi connectivity index (χ3n) is 4.68. The van der Waals surface area contributed by atoms with Crippen molar-refractivity contribution in [2.75, 3.05) is 5.32 Å². The van der Waals surface area contributed by atoms with E-state index in [1.165, 1.54) is 23.2 Å². The molecule has 22 heavy (non-hydrogen) atoms. The van der Waals surface area contributed by atoms with Crippen molar-refractivity contribution in [2.24, 2.45) is 5.41 Å². The van der Waals surface area contributed by atoms with Crippen LogP contribution in [0.1, 0.15) is 57.7 Å². The molecule has 0 amide bonds. The van der Waals surface area contributed by atoms with Crippen molar-refractivity contribution in [1.29, 1.82) is 0 Å². The average molecular weight is 293 g/mol. The lowest BCUT2D eigenvalue weighted by Crippen LogP contribution is -2.36. The molecule has 3 rings (SSSR count). The molecule has 1 N–H and O–H groups in total. The van der Waals surface area contributed by atoms with Crippen molar-refractivity contribution in [3.05, 3.63) is 65.7 Å². The summed E-state index contributed by atoms with van der Waals surface area (Å²) in [6.45, 7) is 9.48. The number of fused-ring (bicyclic) bond motifs is 1. The molecule has 1 heterocycles. The quantitative estimate of drug-likeness (QED) is 0.722. The second-order valence-electron chi connectivity index (χ2n) is 8.16. The zero-order valence-electron chi connectivity index (χ0n) is 14.2. The SMILES string of the molecule is CC(C)(C)C[C@@]1(C)C[C@H](c2ccccc2)Nc2ccccc21. The summed E-state index contributed by atoms with van der Waals surface area (Å²) in [7, 11) is 0. The Kier molecular flexibility index (Phi) is 3.76. The first-order valence-corrected chi connectivity index (χ1v) is 8.28. The second-order valence-corrected chi connectivity index (χ2v) is 8.16. The molecule has 1 aliphatic rings. The van der Waals surface area contributed by atoms with Gasteiger partial charge in [0.05, 0.1) is 6.04 Å². The highest BCUT2D eigenvalue weighted by Gasteiger charge is 2.39. The van der Waals surface area contributed by atoms with Gasteiger partial charge < -0.3 is 5.32 Å². The first-order valence-electron chi connectivity index (χ1n) is 8.28. The second kappa shape index (κ2) is 5.46. The topological polar surface area (TPSA) is 12.0 Å². The van der Waals surface area contributed by atoms with Gasteiger partial charge in [0.1, 0.15) is 0 Å². The van der Waals surface area contributed by atoms with E-state index in [-0.39, 0.29) is 5.41 Å². The molecule has 0 saturated carbocycles. The molecule has 2 aromatic rings. The molecule has 0 radical (unpaired) electrons. The predicted octanol–water partition coefficient (Wildman–Crippen LogP) is 5.94. The summed E-state index contributed by atoms with van der Waals surface area (Å²) >= 11 is 0. The van der Waals surface area contributed by atoms with Gasteiger partial charge in [-0.05, 0) is 40.9 Å². The Morgan fingerprint density at radius 1 is 1.00 bits per heavy atom. The van der Waals surface area contributed by atoms with Crippen LogP contribution in [0.5, 0.6) is 0 Å². The maximum Gasteiger partial charge on any atom is 0.0522 e. The van der Waals surface area contributed by atoms with E-state index in [9.17, 15) is 0 Å². The van der Waals surface area contributed by atoms with Crippen LogP contribution in [0.25, 0.3) is 0 Å². The van der Waals surface area contributed by atoms with Gasteiger partial charge in [0, 0.05) is 5.69 Å². The van der Waals surface area contributed by atoms with Gasteiger partial charge in [-0.1, -0.05) is 76.2 Å². The van der Waals surface area contributed by atoms with Crippen LogP contribution >= 0.6 is 0 Å². The molecular formula is C21H27N. The van der Waals surface area contributed by atoms with E-state index < -0.39 is 0 Å². The van der Waals surface area contributed by atoms with Crippen LogP contribution in [0.15, 0.2) is 54.6 Å². The number of hydrogen-bond acceptors (Lipinski definition) is 1. The van der Waals surface area contributed by atoms with E-state index in [0.717, 1.165) is 6.42 Å². The van der Waals surface area contributed by atoms with Crippen molar-refractivity contribution >= 4 is 5.69 Å². The summed E-state index contributed by atoms with van der Waals surface area (Å²) in [6, 6.07) is 20.1. The van der Waals surface area contributed by atoms with E-state index in [0.29, 0.717) is 11.5 Å². The molecule has 0 fully saturated rings. The molecule has 0 unspecified atom stereocenters. The van der Waals surface area contributed by atoms with Gasteiger partial charge in [0.15, 0.2) is 0 Å². The number of para-hydroxylation sites is 1. The molecule has 0 bridgehead atoms. The lowest BCUT2D eigenvalue weighted by Gasteiger charge is -2.44. The van der Waals surface area contributed by atoms with Crippen molar-refractivity contribution < 1.29 is 0 Å². The fraction of sp³-hybridized carbons (Fsp3) is 0.429. The third-order valence-corrected chi connectivity index (χ3v) is 4.68. The van der Waals surface area contributed by atoms with E-state index in [1.807, 2.05) is 0 Å². The average Bonchev–Trinajstić information content (AvgIpc) is 2.46. The fourth-order valence-corrected chi connectivity index (χ4v) is 4.16. The zero-order chi connectivity index (χ0) is 15.8. The number of anilines is 1. The van der Waals surface area contributed by atoms with E-state index in [4.69, 9.17) is 0 Å². The van der Waals surface area contributed by atoms with Gasteiger partial charge in [0.25, 0.3) is 0 Å². The van der Waals surface area contributed by atoms with Crippen molar-refractivity contribution in [3.63, 3.8) is 0 Å². The van der Waals surface area contributed by atoms with E-state index in [2.05, 4.69) is 87.6 Å². The first kappa shape index (κ1) is 15.1. The highest BCUT2D eigenvalue weighted by atomic mass is 14.9. The highest BCUT2D eigenvalue weighted by molar-refractivity contribution is 5.58. The largest absolute Gasteiger partial charge is 0.378 e. The first-order chi connectivity index (χ1) is 10.4. The van der Waals surface area contributed by atoms with Crippen LogP contribution < -0.4 is 5.32 Å². The molecule has 1 aliphatic heterocycles. The summed E-state index contributed by atoms with van der Waals surface area (Å²) in [5.74, 6) is 0. The monoisotopic (exact) mass is 293 g/mol. The molecular weight excluding hydrogens is 266 g/mol. The molecule has 0 aliphatic carbocycles. The summed E-state index contributed by atoms with van der Waals surface area (Å²) < 4.78 is 0. The van der Waals surface area contributed by atoms with Crippen LogP contribution in [0, 0.1) is 5.41 Å². The van der Waals surface area contributed by atoms with E-state index in [1.54, 1.807) is 0 Å². The molecule has 1 nitrogen and oxygen atoms in total. The summed E-state index contributed by atoms with van der Waals surface area (Å²) in [6.07, 6.45) is 2.34. The van der Waals surface area contributed by atoms with Crippen LogP contribution in [0.3, 0.4) is 0 Å². The van der Waals surface area contributed by atoms with Gasteiger partial charge in [-0.15, -0.1) is 0 Å². The Labute approximate surface area is 134 Å². The van der Waals surface area contributed by atoms with Gasteiger partial charge >= 0.3 is 0 Å². The van der Waals surface area contributed by atoms with Crippen molar-refractivity contribution in [3.8, 4) is 0 Å². The van der Waals surface area contributed by atoms with Crippen molar-refractivity contribution in [2.45, 2.75) is 52.0 Å². The fourth-order valence-electron chi connectivity index (χ4n) is 4.16. The maximum atomic E-state index is 3.75. The third kappa shape index (κ3) is 3.04. The minimum atomic E-state index is 0.209. The Morgan fingerprint density at radius 3 is 2.32 bits per heavy atom. The normalized spacial score (nSPS) is 24.5. The lowest BCUT2D eigenvalue weighted by molar-refractivity contribution is 0.242. The molecule has 0 saturated heterocycles. The van der Waals surface area contributed by atoms with Crippen LogP contribution in [0.4, 0.5) is 5.69 Å². The molecule has 0 aromatic heterocycles. The smallest absolute Gasteiger partial charge is 0.0522 e. The number of hydrogen-bond donors (Lipinski definition) is 1. The molecule has 2 atom stereocenters. The Balaban J connectivity index is 2.02. The Morgan fingerprint density at radius 2 is 1.64 bits per heavy atom. The van der Waals surface area contributed by atoms with Gasteiger partial charge in [0.2, 0.25) is 0 Å². The van der Waals surface area contributed by atoms with Gasteiger partial charge in [-0.3, -0.25) is 0 Å². The summed E-state index contributed by atoms with van der Waals surface area (Å²) in [5.41, 5.74) is 4.68. The van der Waals surface area contributed by atoms with Crippen molar-refractivity contribution in [1.82, 2.24) is 0 Å². The molecule has 1 heteroatoms. The minimum Gasteiger partial charge on any atom is -0.378 e. The highest BCUT2D eigenvalue weighted by Crippen LogP contribution is 2.49. The molecule has 116 valence electrons. The summed E-state index contributed by atoms with van der Waals surface area (Å²) in [4.78, 5) is 0. The zero-order valence-corrected chi connectivity index (χ0v) is 14.2. The summed E-state index contributed by atoms with van der Waals surface area (Å²) in [5, 5.41) is 3.75. The van der Waals surface area contributed by atoms with Crippen LogP contribution in [-0.2, 0) is 5.41 Å². The Hall–Kier alpha value is -1.76. The Bertz CT molecular complexity index is 638. The van der Waals surface area contributed by atoms with E-state index >= 15 is 0 Å². The standard InChI is InChI=1S/C21H27N/c1-20(2,3)15-21(4)14-19(16-10-6-5-7-11-16)22-18-13-9-8-12-17(18)21/h5-13,19,22H,14-15H2,1-4H3/t19-,21-/m1/s1. The van der Waals surface area contributed by atoms with Crippen LogP contribution in [0.2, 0.25) is 0 Å². The lowest BCUT2D eigenvalue weighted by atomic mass is 9.65. The number of nitrogens with one attached hydrogen (secondary N) is 1. The molecule has 2 aromatic carbocycles. The number of benzene rings is 2. The number of rotatable bonds is 2. The molecule has 0 spiro atoms. The predicted molar refractivity (Wildman–Crippen MR) is 95.3 cm³/mol. The van der Waals surface area contributed by atoms with Gasteiger partial charge in [-0.2, -0.15) is 0 Å².